The van der Waals surface area contributed by atoms with Gasteiger partial charge in [-0.2, -0.15) is 0 Å². The number of rotatable bonds is 4. The van der Waals surface area contributed by atoms with Gasteiger partial charge >= 0.3 is 0 Å². The van der Waals surface area contributed by atoms with Gasteiger partial charge < -0.3 is 10.6 Å². The van der Waals surface area contributed by atoms with Gasteiger partial charge in [0.25, 0.3) is 0 Å². The molecule has 1 heterocycles. The van der Waals surface area contributed by atoms with E-state index in [1.807, 2.05) is 0 Å². The second-order valence-electron chi connectivity index (χ2n) is 4.33. The Morgan fingerprint density at radius 3 is 2.79 bits per heavy atom. The Kier molecular flexibility index (Phi) is 4.39. The second kappa shape index (κ2) is 5.35. The molecular weight excluding hydrogens is 176 g/mol. The average Bonchev–Trinajstić information content (AvgIpc) is 2.69. The molecule has 0 spiro atoms. The summed E-state index contributed by atoms with van der Waals surface area (Å²) < 4.78 is 0. The highest BCUT2D eigenvalue weighted by Gasteiger charge is 2.23. The van der Waals surface area contributed by atoms with Crippen molar-refractivity contribution in [3.63, 3.8) is 0 Å². The minimum Gasteiger partial charge on any atom is -0.352 e. The van der Waals surface area contributed by atoms with Crippen molar-refractivity contribution in [2.24, 2.45) is 5.92 Å². The van der Waals surface area contributed by atoms with Crippen LogP contribution >= 0.6 is 0 Å². The molecule has 3 nitrogen and oxygen atoms in total. The molecule has 3 heteroatoms. The van der Waals surface area contributed by atoms with E-state index >= 15 is 0 Å². The van der Waals surface area contributed by atoms with E-state index in [1.165, 1.54) is 0 Å². The Balaban J connectivity index is 2.31. The standard InChI is InChI=1S/C11H22N2O/c1-4-8(2)9(3)13-11(14)10-6-5-7-12-10/h8-10,12H,4-7H2,1-3H3,(H,13,14). The summed E-state index contributed by atoms with van der Waals surface area (Å²) in [5.41, 5.74) is 0. The zero-order chi connectivity index (χ0) is 10.6. The molecule has 1 amide bonds. The highest BCUT2D eigenvalue weighted by Crippen LogP contribution is 2.09. The van der Waals surface area contributed by atoms with Crippen molar-refractivity contribution in [1.82, 2.24) is 10.6 Å². The number of carbonyl (C=O) groups excluding carboxylic acids is 1. The van der Waals surface area contributed by atoms with Gasteiger partial charge in [0.15, 0.2) is 0 Å². The third kappa shape index (κ3) is 2.98. The molecule has 82 valence electrons. The van der Waals surface area contributed by atoms with Crippen molar-refractivity contribution in [2.75, 3.05) is 6.54 Å². The minimum absolute atomic E-state index is 0.0570. The summed E-state index contributed by atoms with van der Waals surface area (Å²) in [5, 5.41) is 6.28. The second-order valence-corrected chi connectivity index (χ2v) is 4.33. The quantitative estimate of drug-likeness (QED) is 0.714. The summed E-state index contributed by atoms with van der Waals surface area (Å²) >= 11 is 0. The zero-order valence-electron chi connectivity index (χ0n) is 9.47. The third-order valence-corrected chi connectivity index (χ3v) is 3.24. The van der Waals surface area contributed by atoms with E-state index in [2.05, 4.69) is 31.4 Å². The average molecular weight is 198 g/mol. The maximum atomic E-state index is 11.7. The summed E-state index contributed by atoms with van der Waals surface area (Å²) in [6, 6.07) is 0.344. The predicted molar refractivity (Wildman–Crippen MR) is 58.1 cm³/mol. The Morgan fingerprint density at radius 1 is 1.57 bits per heavy atom. The van der Waals surface area contributed by atoms with Crippen LogP contribution < -0.4 is 10.6 Å². The summed E-state index contributed by atoms with van der Waals surface area (Å²) in [4.78, 5) is 11.7. The SMILES string of the molecule is CCC(C)C(C)NC(=O)C1CCCN1. The van der Waals surface area contributed by atoms with Crippen LogP contribution in [0.3, 0.4) is 0 Å². The molecule has 3 atom stereocenters. The number of nitrogens with one attached hydrogen (secondary N) is 2. The van der Waals surface area contributed by atoms with Crippen LogP contribution in [0.4, 0.5) is 0 Å². The first-order valence-electron chi connectivity index (χ1n) is 5.69. The maximum absolute atomic E-state index is 11.7. The van der Waals surface area contributed by atoms with Crippen molar-refractivity contribution in [3.05, 3.63) is 0 Å². The van der Waals surface area contributed by atoms with E-state index in [1.54, 1.807) is 0 Å². The van der Waals surface area contributed by atoms with Crippen LogP contribution in [0.5, 0.6) is 0 Å². The fourth-order valence-electron chi connectivity index (χ4n) is 1.73. The smallest absolute Gasteiger partial charge is 0.237 e. The first-order chi connectivity index (χ1) is 6.65. The van der Waals surface area contributed by atoms with E-state index in [4.69, 9.17) is 0 Å². The Hall–Kier alpha value is -0.570. The molecule has 0 radical (unpaired) electrons. The van der Waals surface area contributed by atoms with Crippen molar-refractivity contribution < 1.29 is 4.79 Å². The molecule has 0 saturated carbocycles. The fourth-order valence-corrected chi connectivity index (χ4v) is 1.73. The number of amides is 1. The molecule has 0 aromatic rings. The van der Waals surface area contributed by atoms with Gasteiger partial charge in [-0.25, -0.2) is 0 Å². The van der Waals surface area contributed by atoms with Crippen LogP contribution in [0, 0.1) is 5.92 Å². The molecule has 2 N–H and O–H groups in total. The molecule has 1 fully saturated rings. The molecule has 1 aliphatic heterocycles. The van der Waals surface area contributed by atoms with Crippen LogP contribution in [0.2, 0.25) is 0 Å². The van der Waals surface area contributed by atoms with Crippen molar-refractivity contribution in [1.29, 1.82) is 0 Å². The molecular formula is C11H22N2O. The predicted octanol–water partition coefficient (Wildman–Crippen LogP) is 1.29. The van der Waals surface area contributed by atoms with Crippen LogP contribution in [0.15, 0.2) is 0 Å². The lowest BCUT2D eigenvalue weighted by atomic mass is 10.0. The highest BCUT2D eigenvalue weighted by molar-refractivity contribution is 5.82. The van der Waals surface area contributed by atoms with E-state index in [0.29, 0.717) is 5.92 Å². The minimum atomic E-state index is 0.0570. The van der Waals surface area contributed by atoms with Gasteiger partial charge in [0.2, 0.25) is 5.91 Å². The van der Waals surface area contributed by atoms with Gasteiger partial charge in [0.1, 0.15) is 0 Å². The van der Waals surface area contributed by atoms with Gasteiger partial charge in [0, 0.05) is 6.04 Å². The number of hydrogen-bond donors (Lipinski definition) is 2. The molecule has 1 aliphatic rings. The summed E-state index contributed by atoms with van der Waals surface area (Å²) in [5.74, 6) is 0.732. The van der Waals surface area contributed by atoms with E-state index in [-0.39, 0.29) is 18.0 Å². The summed E-state index contributed by atoms with van der Waals surface area (Å²) in [6.07, 6.45) is 3.22. The normalized spacial score (nSPS) is 25.8. The lowest BCUT2D eigenvalue weighted by Gasteiger charge is -2.21. The van der Waals surface area contributed by atoms with Crippen LogP contribution in [0.1, 0.15) is 40.0 Å². The molecule has 3 unspecified atom stereocenters. The van der Waals surface area contributed by atoms with E-state index in [9.17, 15) is 4.79 Å². The molecule has 14 heavy (non-hydrogen) atoms. The number of carbonyl (C=O) groups is 1. The third-order valence-electron chi connectivity index (χ3n) is 3.24. The topological polar surface area (TPSA) is 41.1 Å². The first kappa shape index (κ1) is 11.5. The molecule has 0 aromatic carbocycles. The Labute approximate surface area is 86.6 Å². The molecule has 1 rings (SSSR count). The summed E-state index contributed by atoms with van der Waals surface area (Å²) in [7, 11) is 0. The molecule has 1 saturated heterocycles. The first-order valence-corrected chi connectivity index (χ1v) is 5.69. The van der Waals surface area contributed by atoms with Crippen molar-refractivity contribution in [2.45, 2.75) is 52.1 Å². The monoisotopic (exact) mass is 198 g/mol. The maximum Gasteiger partial charge on any atom is 0.237 e. The Morgan fingerprint density at radius 2 is 2.29 bits per heavy atom. The lowest BCUT2D eigenvalue weighted by molar-refractivity contribution is -0.123. The summed E-state index contributed by atoms with van der Waals surface area (Å²) in [6.45, 7) is 7.39. The number of hydrogen-bond acceptors (Lipinski definition) is 2. The van der Waals surface area contributed by atoms with Crippen LogP contribution in [-0.4, -0.2) is 24.5 Å². The fraction of sp³-hybridized carbons (Fsp3) is 0.909. The van der Waals surface area contributed by atoms with Crippen molar-refractivity contribution in [3.8, 4) is 0 Å². The van der Waals surface area contributed by atoms with Gasteiger partial charge in [-0.05, 0) is 32.2 Å². The van der Waals surface area contributed by atoms with Crippen molar-refractivity contribution >= 4 is 5.91 Å². The highest BCUT2D eigenvalue weighted by atomic mass is 16.2. The molecule has 0 aromatic heterocycles. The van der Waals surface area contributed by atoms with Gasteiger partial charge in [-0.1, -0.05) is 20.3 Å². The van der Waals surface area contributed by atoms with Crippen LogP contribution in [0.25, 0.3) is 0 Å². The van der Waals surface area contributed by atoms with E-state index < -0.39 is 0 Å². The van der Waals surface area contributed by atoms with Gasteiger partial charge in [-0.15, -0.1) is 0 Å². The van der Waals surface area contributed by atoms with Gasteiger partial charge in [0.05, 0.1) is 6.04 Å². The largest absolute Gasteiger partial charge is 0.352 e. The van der Waals surface area contributed by atoms with Crippen LogP contribution in [-0.2, 0) is 4.79 Å². The lowest BCUT2D eigenvalue weighted by Crippen LogP contribution is -2.46. The van der Waals surface area contributed by atoms with E-state index in [0.717, 1.165) is 25.8 Å². The molecule has 0 bridgehead atoms. The zero-order valence-corrected chi connectivity index (χ0v) is 9.47. The molecule has 0 aliphatic carbocycles. The Bertz CT molecular complexity index is 188. The van der Waals surface area contributed by atoms with Gasteiger partial charge in [-0.3, -0.25) is 4.79 Å².